The molecule has 0 unspecified atom stereocenters. The van der Waals surface area contributed by atoms with Crippen molar-refractivity contribution >= 4 is 22.0 Å². The number of likely N-dealkylation sites (tertiary alicyclic amines) is 1. The lowest BCUT2D eigenvalue weighted by atomic mass is 9.83. The highest BCUT2D eigenvalue weighted by Crippen LogP contribution is 2.30. The van der Waals surface area contributed by atoms with E-state index in [1.54, 1.807) is 7.11 Å². The molecule has 1 heterocycles. The van der Waals surface area contributed by atoms with Crippen LogP contribution in [0.5, 0.6) is 5.75 Å². The molecule has 5 nitrogen and oxygen atoms in total. The van der Waals surface area contributed by atoms with Gasteiger partial charge in [-0.15, -0.1) is 0 Å². The zero-order valence-corrected chi connectivity index (χ0v) is 19.4. The number of ether oxygens (including phenoxy) is 2. The van der Waals surface area contributed by atoms with Crippen LogP contribution < -0.4 is 10.1 Å². The molecule has 6 heteroatoms. The summed E-state index contributed by atoms with van der Waals surface area (Å²) in [5, 5.41) is 2.95. The predicted molar refractivity (Wildman–Crippen MR) is 119 cm³/mol. The summed E-state index contributed by atoms with van der Waals surface area (Å²) in [6, 6.07) is 6.57. The van der Waals surface area contributed by atoms with Crippen molar-refractivity contribution in [3.8, 4) is 5.75 Å². The number of carbonyl (C=O) groups excluding carboxylic acids is 1. The fourth-order valence-electron chi connectivity index (χ4n) is 4.75. The maximum absolute atomic E-state index is 11.3. The SMILES string of the molecule is COC(=O)NC1CCC(CCN2CCC(Cc3cc(OC)ccc3Br)CC2)CC1. The number of nitrogens with one attached hydrogen (secondary N) is 1. The molecule has 29 heavy (non-hydrogen) atoms. The minimum atomic E-state index is -0.294. The second kappa shape index (κ2) is 11.2. The highest BCUT2D eigenvalue weighted by Gasteiger charge is 2.25. The van der Waals surface area contributed by atoms with Gasteiger partial charge in [0.25, 0.3) is 0 Å². The fourth-order valence-corrected chi connectivity index (χ4v) is 5.15. The quantitative estimate of drug-likeness (QED) is 0.612. The monoisotopic (exact) mass is 466 g/mol. The van der Waals surface area contributed by atoms with Crippen LogP contribution in [0, 0.1) is 11.8 Å². The number of methoxy groups -OCH3 is 2. The predicted octanol–water partition coefficient (Wildman–Crippen LogP) is 5.02. The smallest absolute Gasteiger partial charge is 0.407 e. The van der Waals surface area contributed by atoms with Gasteiger partial charge in [0.1, 0.15) is 5.75 Å². The lowest BCUT2D eigenvalue weighted by Crippen LogP contribution is -2.39. The first-order chi connectivity index (χ1) is 14.1. The lowest BCUT2D eigenvalue weighted by molar-refractivity contribution is 0.152. The summed E-state index contributed by atoms with van der Waals surface area (Å²) in [4.78, 5) is 14.0. The Bertz CT molecular complexity index is 654. The Morgan fingerprint density at radius 1 is 1.10 bits per heavy atom. The third-order valence-electron chi connectivity index (χ3n) is 6.68. The van der Waals surface area contributed by atoms with Crippen LogP contribution in [-0.2, 0) is 11.2 Å². The van der Waals surface area contributed by atoms with E-state index in [4.69, 9.17) is 9.47 Å². The molecule has 0 radical (unpaired) electrons. The van der Waals surface area contributed by atoms with E-state index in [1.807, 2.05) is 6.07 Å². The number of piperidine rings is 1. The molecule has 0 bridgehead atoms. The highest BCUT2D eigenvalue weighted by atomic mass is 79.9. The molecular formula is C23H35BrN2O3. The number of nitrogens with zero attached hydrogens (tertiary/aromatic N) is 1. The Morgan fingerprint density at radius 2 is 1.83 bits per heavy atom. The van der Waals surface area contributed by atoms with Crippen LogP contribution in [0.15, 0.2) is 22.7 Å². The topological polar surface area (TPSA) is 50.8 Å². The van der Waals surface area contributed by atoms with E-state index in [0.29, 0.717) is 6.04 Å². The van der Waals surface area contributed by atoms with Crippen molar-refractivity contribution in [1.29, 1.82) is 0 Å². The van der Waals surface area contributed by atoms with Gasteiger partial charge in [-0.2, -0.15) is 0 Å². The number of hydrogen-bond acceptors (Lipinski definition) is 4. The van der Waals surface area contributed by atoms with Crippen molar-refractivity contribution in [2.24, 2.45) is 11.8 Å². The van der Waals surface area contributed by atoms with E-state index in [-0.39, 0.29) is 6.09 Å². The molecule has 1 aliphatic heterocycles. The molecule has 1 aromatic carbocycles. The summed E-state index contributed by atoms with van der Waals surface area (Å²) in [5.41, 5.74) is 1.36. The maximum Gasteiger partial charge on any atom is 0.407 e. The minimum Gasteiger partial charge on any atom is -0.497 e. The van der Waals surface area contributed by atoms with E-state index >= 15 is 0 Å². The molecule has 1 N–H and O–H groups in total. The van der Waals surface area contributed by atoms with Gasteiger partial charge >= 0.3 is 6.09 Å². The Hall–Kier alpha value is -1.27. The molecule has 0 aromatic heterocycles. The van der Waals surface area contributed by atoms with Gasteiger partial charge in [-0.1, -0.05) is 15.9 Å². The average Bonchev–Trinajstić information content (AvgIpc) is 2.75. The first kappa shape index (κ1) is 22.4. The number of amides is 1. The Morgan fingerprint density at radius 3 is 2.48 bits per heavy atom. The van der Waals surface area contributed by atoms with Crippen LogP contribution in [0.3, 0.4) is 0 Å². The van der Waals surface area contributed by atoms with Crippen LogP contribution in [0.4, 0.5) is 4.79 Å². The van der Waals surface area contributed by atoms with Crippen molar-refractivity contribution in [1.82, 2.24) is 10.2 Å². The molecule has 1 saturated carbocycles. The summed E-state index contributed by atoms with van der Waals surface area (Å²) < 4.78 is 11.3. The van der Waals surface area contributed by atoms with Crippen LogP contribution in [0.2, 0.25) is 0 Å². The van der Waals surface area contributed by atoms with Crippen LogP contribution in [0.25, 0.3) is 0 Å². The maximum atomic E-state index is 11.3. The van der Waals surface area contributed by atoms with Crippen LogP contribution in [0.1, 0.15) is 50.5 Å². The van der Waals surface area contributed by atoms with Gasteiger partial charge in [-0.25, -0.2) is 4.79 Å². The average molecular weight is 467 g/mol. The van der Waals surface area contributed by atoms with Gasteiger partial charge in [0.15, 0.2) is 0 Å². The first-order valence-electron chi connectivity index (χ1n) is 11.0. The van der Waals surface area contributed by atoms with E-state index in [9.17, 15) is 4.79 Å². The van der Waals surface area contributed by atoms with Gasteiger partial charge in [0.05, 0.1) is 14.2 Å². The van der Waals surface area contributed by atoms with Gasteiger partial charge in [0, 0.05) is 10.5 Å². The summed E-state index contributed by atoms with van der Waals surface area (Å²) in [5.74, 6) is 2.50. The van der Waals surface area contributed by atoms with Crippen molar-refractivity contribution in [2.45, 2.75) is 57.4 Å². The Labute approximate surface area is 183 Å². The second-order valence-electron chi connectivity index (χ2n) is 8.59. The van der Waals surface area contributed by atoms with Gasteiger partial charge in [-0.05, 0) is 107 Å². The van der Waals surface area contributed by atoms with Crippen molar-refractivity contribution in [3.05, 3.63) is 28.2 Å². The number of benzene rings is 1. The molecule has 162 valence electrons. The zero-order valence-electron chi connectivity index (χ0n) is 17.8. The molecule has 0 spiro atoms. The van der Waals surface area contributed by atoms with E-state index < -0.39 is 0 Å². The van der Waals surface area contributed by atoms with Crippen LogP contribution >= 0.6 is 15.9 Å². The van der Waals surface area contributed by atoms with E-state index in [0.717, 1.165) is 36.8 Å². The third-order valence-corrected chi connectivity index (χ3v) is 7.45. The van der Waals surface area contributed by atoms with Gasteiger partial charge in [0.2, 0.25) is 0 Å². The summed E-state index contributed by atoms with van der Waals surface area (Å²) in [7, 11) is 3.16. The molecule has 3 rings (SSSR count). The Balaban J connectivity index is 1.34. The first-order valence-corrected chi connectivity index (χ1v) is 11.8. The molecule has 1 saturated heterocycles. The molecule has 1 aromatic rings. The summed E-state index contributed by atoms with van der Waals surface area (Å²) in [6.07, 6.45) is 9.27. The number of carbonyl (C=O) groups is 1. The molecule has 2 fully saturated rings. The number of rotatable bonds is 7. The molecule has 1 aliphatic carbocycles. The number of halogens is 1. The van der Waals surface area contributed by atoms with Gasteiger partial charge < -0.3 is 19.7 Å². The largest absolute Gasteiger partial charge is 0.497 e. The van der Waals surface area contributed by atoms with Crippen molar-refractivity contribution < 1.29 is 14.3 Å². The molecule has 2 aliphatic rings. The molecule has 0 atom stereocenters. The number of alkyl carbamates (subject to hydrolysis) is 1. The summed E-state index contributed by atoms with van der Waals surface area (Å²) in [6.45, 7) is 3.65. The number of hydrogen-bond donors (Lipinski definition) is 1. The zero-order chi connectivity index (χ0) is 20.6. The second-order valence-corrected chi connectivity index (χ2v) is 9.44. The molecular weight excluding hydrogens is 432 g/mol. The van der Waals surface area contributed by atoms with Crippen LogP contribution in [-0.4, -0.2) is 50.9 Å². The van der Waals surface area contributed by atoms with Crippen molar-refractivity contribution in [2.75, 3.05) is 33.9 Å². The van der Waals surface area contributed by atoms with E-state index in [2.05, 4.69) is 38.3 Å². The third kappa shape index (κ3) is 6.88. The van der Waals surface area contributed by atoms with Gasteiger partial charge in [-0.3, -0.25) is 0 Å². The fraction of sp³-hybridized carbons (Fsp3) is 0.696. The van der Waals surface area contributed by atoms with E-state index in [1.165, 1.54) is 68.9 Å². The highest BCUT2D eigenvalue weighted by molar-refractivity contribution is 9.10. The van der Waals surface area contributed by atoms with Crippen molar-refractivity contribution in [3.63, 3.8) is 0 Å². The minimum absolute atomic E-state index is 0.294. The molecule has 1 amide bonds. The Kier molecular flexibility index (Phi) is 8.67. The lowest BCUT2D eigenvalue weighted by Gasteiger charge is -2.34. The standard InChI is InChI=1S/C23H35BrN2O3/c1-28-21-7-8-22(24)19(16-21)15-18-10-13-26(14-11-18)12-9-17-3-5-20(6-4-17)25-23(27)29-2/h7-8,16-18,20H,3-6,9-15H2,1-2H3,(H,25,27). The normalized spacial score (nSPS) is 23.6. The summed E-state index contributed by atoms with van der Waals surface area (Å²) >= 11 is 3.69.